The van der Waals surface area contributed by atoms with E-state index in [1.54, 1.807) is 13.3 Å². The van der Waals surface area contributed by atoms with Gasteiger partial charge in [0.15, 0.2) is 5.76 Å². The first-order valence-corrected chi connectivity index (χ1v) is 10.6. The molecule has 0 aliphatic carbocycles. The van der Waals surface area contributed by atoms with Crippen molar-refractivity contribution in [1.29, 1.82) is 0 Å². The molecule has 0 fully saturated rings. The summed E-state index contributed by atoms with van der Waals surface area (Å²) in [5.74, 6) is 0.512. The summed E-state index contributed by atoms with van der Waals surface area (Å²) in [6, 6.07) is 10.2. The number of benzene rings is 1. The smallest absolute Gasteiger partial charge is 0.454 e. The zero-order chi connectivity index (χ0) is 23.7. The van der Waals surface area contributed by atoms with Gasteiger partial charge in [-0.05, 0) is 36.5 Å². The molecule has 7 nitrogen and oxygen atoms in total. The van der Waals surface area contributed by atoms with Crippen molar-refractivity contribution in [2.75, 3.05) is 20.4 Å². The molecule has 0 N–H and O–H groups in total. The monoisotopic (exact) mass is 439 g/mol. The molecule has 172 valence electrons. The van der Waals surface area contributed by atoms with Gasteiger partial charge in [0.2, 0.25) is 6.79 Å². The summed E-state index contributed by atoms with van der Waals surface area (Å²) in [7, 11) is 1.70. The number of hydrogen-bond acceptors (Lipinski definition) is 6. The van der Waals surface area contributed by atoms with Crippen LogP contribution in [0.25, 0.3) is 11.3 Å². The Morgan fingerprint density at radius 2 is 1.88 bits per heavy atom. The number of carbonyl (C=O) groups is 1. The summed E-state index contributed by atoms with van der Waals surface area (Å²) in [4.78, 5) is 16.0. The van der Waals surface area contributed by atoms with Crippen LogP contribution in [0.15, 0.2) is 48.0 Å². The first-order chi connectivity index (χ1) is 15.2. The predicted octanol–water partition coefficient (Wildman–Crippen LogP) is 5.39. The van der Waals surface area contributed by atoms with Gasteiger partial charge in [-0.1, -0.05) is 57.7 Å². The van der Waals surface area contributed by atoms with E-state index in [1.807, 2.05) is 36.7 Å². The average Bonchev–Trinajstić information content (AvgIpc) is 3.14. The van der Waals surface area contributed by atoms with E-state index in [2.05, 4.69) is 49.6 Å². The van der Waals surface area contributed by atoms with Gasteiger partial charge in [-0.2, -0.15) is 5.10 Å². The van der Waals surface area contributed by atoms with E-state index in [-0.39, 0.29) is 18.8 Å². The topological polar surface area (TPSA) is 74.9 Å². The zero-order valence-corrected chi connectivity index (χ0v) is 19.8. The average molecular weight is 440 g/mol. The molecule has 2 rings (SSSR count). The normalized spacial score (nSPS) is 12.4. The fourth-order valence-electron chi connectivity index (χ4n) is 3.11. The van der Waals surface area contributed by atoms with Crippen molar-refractivity contribution >= 4 is 23.7 Å². The van der Waals surface area contributed by atoms with E-state index in [0.29, 0.717) is 12.3 Å². The molecule has 2 aromatic rings. The molecule has 1 aromatic carbocycles. The first-order valence-electron chi connectivity index (χ1n) is 10.6. The minimum Gasteiger partial charge on any atom is -0.454 e. The molecule has 0 unspecified atom stereocenters. The van der Waals surface area contributed by atoms with E-state index in [4.69, 9.17) is 14.2 Å². The Morgan fingerprint density at radius 3 is 2.44 bits per heavy atom. The van der Waals surface area contributed by atoms with Crippen molar-refractivity contribution in [2.45, 2.75) is 46.6 Å². The largest absolute Gasteiger partial charge is 0.511 e. The molecule has 0 aliphatic heterocycles. The van der Waals surface area contributed by atoms with Crippen LogP contribution in [0.5, 0.6) is 0 Å². The number of ether oxygens (including phenoxy) is 3. The van der Waals surface area contributed by atoms with E-state index in [1.165, 1.54) is 11.6 Å². The van der Waals surface area contributed by atoms with Gasteiger partial charge >= 0.3 is 6.16 Å². The van der Waals surface area contributed by atoms with Crippen LogP contribution in [0.3, 0.4) is 0 Å². The minimum atomic E-state index is -0.829. The van der Waals surface area contributed by atoms with Crippen molar-refractivity contribution in [3.63, 3.8) is 0 Å². The van der Waals surface area contributed by atoms with Gasteiger partial charge in [0, 0.05) is 25.4 Å². The van der Waals surface area contributed by atoms with Crippen molar-refractivity contribution in [1.82, 2.24) is 9.78 Å². The summed E-state index contributed by atoms with van der Waals surface area (Å²) >= 11 is 0. The molecule has 7 heteroatoms. The number of allylic oxidation sites excluding steroid dienone is 1. The van der Waals surface area contributed by atoms with Gasteiger partial charge in [-0.15, -0.1) is 0 Å². The molecule has 32 heavy (non-hydrogen) atoms. The fraction of sp³-hybridized carbons (Fsp3) is 0.400. The Kier molecular flexibility index (Phi) is 8.81. The number of aryl methyl sites for hydroxylation is 2. The van der Waals surface area contributed by atoms with E-state index in [9.17, 15) is 4.79 Å². The Morgan fingerprint density at radius 1 is 1.19 bits per heavy atom. The van der Waals surface area contributed by atoms with Gasteiger partial charge < -0.3 is 14.2 Å². The highest BCUT2D eigenvalue weighted by Gasteiger charge is 2.19. The highest BCUT2D eigenvalue weighted by Crippen LogP contribution is 2.29. The molecular weight excluding hydrogens is 406 g/mol. The maximum atomic E-state index is 11.7. The lowest BCUT2D eigenvalue weighted by molar-refractivity contribution is -0.00150. The van der Waals surface area contributed by atoms with Crippen LogP contribution in [-0.2, 0) is 26.2 Å². The second-order valence-corrected chi connectivity index (χ2v) is 8.20. The Hall–Kier alpha value is -3.35. The maximum absolute atomic E-state index is 11.7. The van der Waals surface area contributed by atoms with Crippen LogP contribution >= 0.6 is 0 Å². The van der Waals surface area contributed by atoms with Gasteiger partial charge in [0.05, 0.1) is 5.69 Å². The van der Waals surface area contributed by atoms with Crippen LogP contribution < -0.4 is 0 Å². The van der Waals surface area contributed by atoms with E-state index < -0.39 is 6.16 Å². The molecular formula is C25H33N3O4. The van der Waals surface area contributed by atoms with Crippen molar-refractivity contribution in [2.24, 2.45) is 4.99 Å². The molecule has 0 saturated heterocycles. The summed E-state index contributed by atoms with van der Waals surface area (Å²) in [5.41, 5.74) is 4.56. The Labute approximate surface area is 190 Å². The number of hydrogen-bond donors (Lipinski definition) is 0. The second-order valence-electron chi connectivity index (χ2n) is 8.20. The third-order valence-electron chi connectivity index (χ3n) is 4.70. The Bertz CT molecular complexity index is 980. The van der Waals surface area contributed by atoms with Crippen molar-refractivity contribution in [3.05, 3.63) is 65.5 Å². The molecule has 0 bridgehead atoms. The highest BCUT2D eigenvalue weighted by atomic mass is 16.8. The van der Waals surface area contributed by atoms with Gasteiger partial charge in [-0.25, -0.2) is 4.79 Å². The molecule has 0 aliphatic rings. The van der Waals surface area contributed by atoms with E-state index in [0.717, 1.165) is 22.5 Å². The lowest BCUT2D eigenvalue weighted by atomic mass is 9.86. The molecule has 1 heterocycles. The quantitative estimate of drug-likeness (QED) is 0.172. The number of carbonyl (C=O) groups excluding carboxylic acids is 1. The van der Waals surface area contributed by atoms with Crippen LogP contribution in [0.1, 0.15) is 50.2 Å². The summed E-state index contributed by atoms with van der Waals surface area (Å²) < 4.78 is 17.7. The molecule has 0 radical (unpaired) electrons. The molecule has 0 spiro atoms. The van der Waals surface area contributed by atoms with Gasteiger partial charge in [-0.3, -0.25) is 9.67 Å². The fourth-order valence-corrected chi connectivity index (χ4v) is 3.11. The summed E-state index contributed by atoms with van der Waals surface area (Å²) in [6.45, 7) is 14.3. The van der Waals surface area contributed by atoms with Crippen molar-refractivity contribution in [3.8, 4) is 0 Å². The maximum Gasteiger partial charge on any atom is 0.511 e. The number of rotatable bonds is 9. The van der Waals surface area contributed by atoms with Crippen molar-refractivity contribution < 1.29 is 19.0 Å². The SMILES string of the molecule is C=CCOC(=O)OCO/C(=C(/C=N\C)c1ccc(C(C)(C)C)cc1)c1cc(C)nn1CC. The Balaban J connectivity index is 2.51. The van der Waals surface area contributed by atoms with Gasteiger partial charge in [0.1, 0.15) is 12.3 Å². The number of aromatic nitrogens is 2. The molecule has 0 amide bonds. The van der Waals surface area contributed by atoms with Crippen LogP contribution in [0.2, 0.25) is 0 Å². The lowest BCUT2D eigenvalue weighted by Crippen LogP contribution is -2.13. The third-order valence-corrected chi connectivity index (χ3v) is 4.70. The molecule has 1 aromatic heterocycles. The third kappa shape index (κ3) is 6.57. The molecule has 0 atom stereocenters. The van der Waals surface area contributed by atoms with Gasteiger partial charge in [0.25, 0.3) is 0 Å². The van der Waals surface area contributed by atoms with Crippen LogP contribution in [-0.4, -0.2) is 42.6 Å². The van der Waals surface area contributed by atoms with Crippen LogP contribution in [0, 0.1) is 6.92 Å². The zero-order valence-electron chi connectivity index (χ0n) is 19.8. The second kappa shape index (κ2) is 11.3. The lowest BCUT2D eigenvalue weighted by Gasteiger charge is -2.20. The predicted molar refractivity (Wildman–Crippen MR) is 128 cm³/mol. The summed E-state index contributed by atoms with van der Waals surface area (Å²) in [5, 5.41) is 4.53. The first kappa shape index (κ1) is 24.9. The van der Waals surface area contributed by atoms with Crippen LogP contribution in [0.4, 0.5) is 4.79 Å². The molecule has 0 saturated carbocycles. The minimum absolute atomic E-state index is 0.0398. The summed E-state index contributed by atoms with van der Waals surface area (Å²) in [6.07, 6.45) is 2.37. The number of nitrogens with zero attached hydrogens (tertiary/aromatic N) is 3. The highest BCUT2D eigenvalue weighted by molar-refractivity contribution is 6.18. The van der Waals surface area contributed by atoms with E-state index >= 15 is 0 Å². The number of aliphatic imine (C=N–C) groups is 1. The standard InChI is InChI=1S/C25H33N3O4/c1-8-14-30-24(29)32-17-31-23(22-15-18(3)27-28(22)9-2)21(16-26-7)19-10-12-20(13-11-19)25(4,5)6/h8,10-13,15-16H,1,9,14,17H2,2-7H3/b23-21-,26-16-.